The van der Waals surface area contributed by atoms with Crippen molar-refractivity contribution in [3.8, 4) is 0 Å². The van der Waals surface area contributed by atoms with Crippen molar-refractivity contribution in [2.24, 2.45) is 0 Å². The normalized spacial score (nSPS) is 13.1. The lowest BCUT2D eigenvalue weighted by Crippen LogP contribution is -2.35. The summed E-state index contributed by atoms with van der Waals surface area (Å²) in [6.45, 7) is 11.0. The van der Waals surface area contributed by atoms with Gasteiger partial charge in [0.2, 0.25) is 0 Å². The summed E-state index contributed by atoms with van der Waals surface area (Å²) in [6.07, 6.45) is 1.86. The molecule has 0 saturated heterocycles. The van der Waals surface area contributed by atoms with Gasteiger partial charge < -0.3 is 10.4 Å². The molecule has 92 valence electrons. The molecule has 0 fully saturated rings. The van der Waals surface area contributed by atoms with Crippen molar-refractivity contribution in [3.05, 3.63) is 11.9 Å². The molecule has 0 bridgehead atoms. The van der Waals surface area contributed by atoms with E-state index in [1.54, 1.807) is 18.5 Å². The van der Waals surface area contributed by atoms with Crippen LogP contribution >= 0.6 is 0 Å². The van der Waals surface area contributed by atoms with Gasteiger partial charge in [0, 0.05) is 18.3 Å². The Morgan fingerprint density at radius 1 is 1.31 bits per heavy atom. The number of aromatic nitrogens is 3. The van der Waals surface area contributed by atoms with Crippen LogP contribution in [0.4, 0.5) is 0 Å². The molecule has 0 aromatic carbocycles. The molecule has 0 unspecified atom stereocenters. The first-order valence-electron chi connectivity index (χ1n) is 5.52. The second kappa shape index (κ2) is 4.51. The van der Waals surface area contributed by atoms with Gasteiger partial charge in [0.1, 0.15) is 0 Å². The molecule has 0 radical (unpaired) electrons. The Kier molecular flexibility index (Phi) is 3.70. The van der Waals surface area contributed by atoms with Crippen LogP contribution in [0, 0.1) is 0 Å². The van der Waals surface area contributed by atoms with Crippen LogP contribution < -0.4 is 5.32 Å². The molecule has 0 atom stereocenters. The number of rotatable bonds is 4. The molecule has 2 N–H and O–H groups in total. The van der Waals surface area contributed by atoms with E-state index in [4.69, 9.17) is 0 Å². The fourth-order valence-electron chi connectivity index (χ4n) is 1.25. The van der Waals surface area contributed by atoms with Gasteiger partial charge in [0.05, 0.1) is 17.8 Å². The number of nitrogens with one attached hydrogen (secondary N) is 1. The number of hydrogen-bond acceptors (Lipinski definition) is 4. The Bertz CT molecular complexity index is 332. The van der Waals surface area contributed by atoms with Crippen LogP contribution in [0.1, 0.15) is 40.3 Å². The van der Waals surface area contributed by atoms with Crippen molar-refractivity contribution < 1.29 is 5.11 Å². The second-order valence-corrected chi connectivity index (χ2v) is 5.82. The molecular formula is C11H22N4O. The molecule has 0 saturated carbocycles. The molecule has 1 aromatic heterocycles. The Balaban J connectivity index is 2.52. The second-order valence-electron chi connectivity index (χ2n) is 5.82. The summed E-state index contributed by atoms with van der Waals surface area (Å²) in [6, 6.07) is 0. The highest BCUT2D eigenvalue weighted by Crippen LogP contribution is 2.06. The lowest BCUT2D eigenvalue weighted by molar-refractivity contribution is 0.0571. The molecule has 0 spiro atoms. The summed E-state index contributed by atoms with van der Waals surface area (Å²) in [5, 5.41) is 21.0. The zero-order valence-electron chi connectivity index (χ0n) is 10.8. The van der Waals surface area contributed by atoms with Crippen LogP contribution in [0.2, 0.25) is 0 Å². The zero-order chi connectivity index (χ0) is 12.4. The van der Waals surface area contributed by atoms with Gasteiger partial charge in [0.15, 0.2) is 0 Å². The maximum absolute atomic E-state index is 9.64. The Hall–Kier alpha value is -0.940. The van der Waals surface area contributed by atoms with E-state index in [1.807, 2.05) is 6.20 Å². The highest BCUT2D eigenvalue weighted by molar-refractivity contribution is 4.93. The quantitative estimate of drug-likeness (QED) is 0.802. The van der Waals surface area contributed by atoms with Gasteiger partial charge in [-0.1, -0.05) is 5.21 Å². The minimum Gasteiger partial charge on any atom is -0.389 e. The highest BCUT2D eigenvalue weighted by atomic mass is 16.3. The number of aliphatic hydroxyl groups is 1. The third-order valence-electron chi connectivity index (χ3n) is 1.93. The maximum atomic E-state index is 9.64. The first-order chi connectivity index (χ1) is 7.16. The van der Waals surface area contributed by atoms with Crippen molar-refractivity contribution in [3.63, 3.8) is 0 Å². The van der Waals surface area contributed by atoms with E-state index in [-0.39, 0.29) is 5.54 Å². The SMILES string of the molecule is CC(C)(O)Cn1cc(CNC(C)(C)C)nn1. The lowest BCUT2D eigenvalue weighted by Gasteiger charge is -2.19. The third-order valence-corrected chi connectivity index (χ3v) is 1.93. The van der Waals surface area contributed by atoms with Crippen LogP contribution in [0.15, 0.2) is 6.20 Å². The first-order valence-corrected chi connectivity index (χ1v) is 5.52. The summed E-state index contributed by atoms with van der Waals surface area (Å²) in [5.41, 5.74) is 0.196. The molecule has 1 aromatic rings. The fourth-order valence-corrected chi connectivity index (χ4v) is 1.25. The van der Waals surface area contributed by atoms with Crippen LogP contribution in [0.25, 0.3) is 0 Å². The summed E-state index contributed by atoms with van der Waals surface area (Å²) in [5.74, 6) is 0. The minimum absolute atomic E-state index is 0.0695. The molecule has 5 heteroatoms. The van der Waals surface area contributed by atoms with Crippen LogP contribution in [0.5, 0.6) is 0 Å². The molecule has 1 rings (SSSR count). The van der Waals surface area contributed by atoms with Crippen LogP contribution in [0.3, 0.4) is 0 Å². The Labute approximate surface area is 96.9 Å². The standard InChI is InChI=1S/C11H22N4O/c1-10(2,3)12-6-9-7-15(14-13-9)8-11(4,5)16/h7,12,16H,6,8H2,1-5H3. The molecule has 0 amide bonds. The third kappa shape index (κ3) is 5.23. The smallest absolute Gasteiger partial charge is 0.0965 e. The van der Waals surface area contributed by atoms with Gasteiger partial charge in [-0.25, -0.2) is 4.68 Å². The minimum atomic E-state index is -0.761. The maximum Gasteiger partial charge on any atom is 0.0965 e. The van der Waals surface area contributed by atoms with E-state index in [0.717, 1.165) is 5.69 Å². The van der Waals surface area contributed by atoms with Crippen LogP contribution in [-0.4, -0.2) is 31.2 Å². The topological polar surface area (TPSA) is 63.0 Å². The molecule has 16 heavy (non-hydrogen) atoms. The van der Waals surface area contributed by atoms with E-state index < -0.39 is 5.60 Å². The van der Waals surface area contributed by atoms with Crippen molar-refractivity contribution in [1.82, 2.24) is 20.3 Å². The van der Waals surface area contributed by atoms with Crippen molar-refractivity contribution in [1.29, 1.82) is 0 Å². The first kappa shape index (κ1) is 13.1. The predicted octanol–water partition coefficient (Wildman–Crippen LogP) is 0.937. The Morgan fingerprint density at radius 3 is 2.44 bits per heavy atom. The van der Waals surface area contributed by atoms with Gasteiger partial charge in [-0.2, -0.15) is 0 Å². The molecule has 0 aliphatic carbocycles. The van der Waals surface area contributed by atoms with Gasteiger partial charge in [-0.05, 0) is 34.6 Å². The molecule has 5 nitrogen and oxygen atoms in total. The van der Waals surface area contributed by atoms with Gasteiger partial charge in [0.25, 0.3) is 0 Å². The molecule has 0 aliphatic rings. The van der Waals surface area contributed by atoms with Gasteiger partial charge in [-0.3, -0.25) is 0 Å². The van der Waals surface area contributed by atoms with Gasteiger partial charge in [-0.15, -0.1) is 5.10 Å². The van der Waals surface area contributed by atoms with E-state index in [2.05, 4.69) is 36.4 Å². The average Bonchev–Trinajstić information content (AvgIpc) is 2.44. The largest absolute Gasteiger partial charge is 0.389 e. The monoisotopic (exact) mass is 226 g/mol. The number of hydrogen-bond donors (Lipinski definition) is 2. The summed E-state index contributed by atoms with van der Waals surface area (Å²) in [4.78, 5) is 0. The fraction of sp³-hybridized carbons (Fsp3) is 0.818. The average molecular weight is 226 g/mol. The van der Waals surface area contributed by atoms with Crippen molar-refractivity contribution >= 4 is 0 Å². The van der Waals surface area contributed by atoms with Crippen molar-refractivity contribution in [2.45, 2.75) is 58.8 Å². The number of nitrogens with zero attached hydrogens (tertiary/aromatic N) is 3. The van der Waals surface area contributed by atoms with Gasteiger partial charge >= 0.3 is 0 Å². The van der Waals surface area contributed by atoms with E-state index in [0.29, 0.717) is 13.1 Å². The lowest BCUT2D eigenvalue weighted by atomic mass is 10.1. The summed E-state index contributed by atoms with van der Waals surface area (Å²) < 4.78 is 1.67. The van der Waals surface area contributed by atoms with E-state index in [9.17, 15) is 5.11 Å². The summed E-state index contributed by atoms with van der Waals surface area (Å²) >= 11 is 0. The highest BCUT2D eigenvalue weighted by Gasteiger charge is 2.15. The molecule has 0 aliphatic heterocycles. The van der Waals surface area contributed by atoms with Crippen molar-refractivity contribution in [2.75, 3.05) is 0 Å². The van der Waals surface area contributed by atoms with E-state index in [1.165, 1.54) is 0 Å². The predicted molar refractivity (Wildman–Crippen MR) is 62.9 cm³/mol. The molecular weight excluding hydrogens is 204 g/mol. The summed E-state index contributed by atoms with van der Waals surface area (Å²) in [7, 11) is 0. The van der Waals surface area contributed by atoms with Crippen LogP contribution in [-0.2, 0) is 13.1 Å². The molecule has 1 heterocycles. The van der Waals surface area contributed by atoms with E-state index >= 15 is 0 Å². The Morgan fingerprint density at radius 2 is 1.94 bits per heavy atom. The zero-order valence-corrected chi connectivity index (χ0v) is 10.8.